The zero-order valence-corrected chi connectivity index (χ0v) is 7.47. The van der Waals surface area contributed by atoms with Gasteiger partial charge in [-0.3, -0.25) is 0 Å². The minimum absolute atomic E-state index is 0.168. The lowest BCUT2D eigenvalue weighted by Crippen LogP contribution is -1.69. The van der Waals surface area contributed by atoms with E-state index in [1.807, 2.05) is 0 Å². The van der Waals surface area contributed by atoms with Crippen molar-refractivity contribution in [2.45, 2.75) is 6.54 Å². The molecule has 0 aliphatic heterocycles. The molecule has 2 rings (SSSR count). The van der Waals surface area contributed by atoms with Crippen LogP contribution >= 0.6 is 11.3 Å². The van der Waals surface area contributed by atoms with Crippen LogP contribution in [0, 0.1) is 10.7 Å². The largest absolute Gasteiger partial charge is 0.207 e. The minimum Gasteiger partial charge on any atom is -0.207 e. The summed E-state index contributed by atoms with van der Waals surface area (Å²) in [5, 5.41) is 3.63. The summed E-state index contributed by atoms with van der Waals surface area (Å²) in [6.07, 6.45) is 0. The average Bonchev–Trinajstić information content (AvgIpc) is 2.46. The van der Waals surface area contributed by atoms with Gasteiger partial charge in [-0.1, -0.05) is 5.18 Å². The van der Waals surface area contributed by atoms with Crippen LogP contribution in [-0.4, -0.2) is 0 Å². The molecule has 0 aliphatic rings. The van der Waals surface area contributed by atoms with Gasteiger partial charge in [0.15, 0.2) is 0 Å². The molecule has 0 amide bonds. The first-order valence-electron chi connectivity index (χ1n) is 3.76. The molecule has 0 N–H and O–H groups in total. The Morgan fingerprint density at radius 3 is 3.00 bits per heavy atom. The van der Waals surface area contributed by atoms with Gasteiger partial charge in [0.2, 0.25) is 0 Å². The first-order chi connectivity index (χ1) is 6.29. The standard InChI is InChI=1S/C9H6FNOS/c10-7-1-2-9-6(3-7)4-8(13-9)5-11-12/h1-4H,5H2. The van der Waals surface area contributed by atoms with Crippen molar-refractivity contribution in [1.29, 1.82) is 0 Å². The predicted octanol–water partition coefficient (Wildman–Crippen LogP) is 3.31. The first kappa shape index (κ1) is 8.31. The van der Waals surface area contributed by atoms with Crippen molar-refractivity contribution in [3.05, 3.63) is 39.9 Å². The van der Waals surface area contributed by atoms with E-state index in [0.29, 0.717) is 0 Å². The van der Waals surface area contributed by atoms with E-state index >= 15 is 0 Å². The molecule has 13 heavy (non-hydrogen) atoms. The van der Waals surface area contributed by atoms with Gasteiger partial charge in [-0.15, -0.1) is 11.3 Å². The van der Waals surface area contributed by atoms with Crippen LogP contribution in [-0.2, 0) is 6.54 Å². The lowest BCUT2D eigenvalue weighted by Gasteiger charge is -1.86. The number of hydrogen-bond acceptors (Lipinski definition) is 3. The van der Waals surface area contributed by atoms with Crippen molar-refractivity contribution in [2.24, 2.45) is 5.18 Å². The third-order valence-corrected chi connectivity index (χ3v) is 2.85. The molecule has 0 radical (unpaired) electrons. The van der Waals surface area contributed by atoms with Crippen molar-refractivity contribution in [2.75, 3.05) is 0 Å². The number of thiophene rings is 1. The summed E-state index contributed by atoms with van der Waals surface area (Å²) in [6.45, 7) is 0.168. The first-order valence-corrected chi connectivity index (χ1v) is 4.58. The Labute approximate surface area is 78.0 Å². The molecule has 2 aromatic rings. The highest BCUT2D eigenvalue weighted by atomic mass is 32.1. The topological polar surface area (TPSA) is 29.4 Å². The van der Waals surface area contributed by atoms with Crippen molar-refractivity contribution in [3.63, 3.8) is 0 Å². The molecule has 1 aromatic heterocycles. The van der Waals surface area contributed by atoms with Gasteiger partial charge in [0.25, 0.3) is 0 Å². The fourth-order valence-electron chi connectivity index (χ4n) is 1.21. The molecular weight excluding hydrogens is 189 g/mol. The van der Waals surface area contributed by atoms with Gasteiger partial charge in [0, 0.05) is 9.58 Å². The Balaban J connectivity index is 2.55. The van der Waals surface area contributed by atoms with E-state index in [-0.39, 0.29) is 12.4 Å². The quantitative estimate of drug-likeness (QED) is 0.676. The molecule has 0 atom stereocenters. The molecule has 2 nitrogen and oxygen atoms in total. The summed E-state index contributed by atoms with van der Waals surface area (Å²) >= 11 is 1.47. The maximum Gasteiger partial charge on any atom is 0.123 e. The van der Waals surface area contributed by atoms with Crippen LogP contribution in [0.5, 0.6) is 0 Å². The van der Waals surface area contributed by atoms with Crippen LogP contribution in [0.2, 0.25) is 0 Å². The Bertz CT molecular complexity index is 452. The van der Waals surface area contributed by atoms with E-state index in [2.05, 4.69) is 5.18 Å². The van der Waals surface area contributed by atoms with E-state index in [1.54, 1.807) is 12.1 Å². The van der Waals surface area contributed by atoms with Gasteiger partial charge < -0.3 is 0 Å². The molecular formula is C9H6FNOS. The maximum atomic E-state index is 12.8. The second kappa shape index (κ2) is 3.22. The maximum absolute atomic E-state index is 12.8. The Morgan fingerprint density at radius 2 is 2.23 bits per heavy atom. The summed E-state index contributed by atoms with van der Waals surface area (Å²) in [5.74, 6) is -0.254. The molecule has 0 bridgehead atoms. The Kier molecular flexibility index (Phi) is 2.06. The lowest BCUT2D eigenvalue weighted by molar-refractivity contribution is 0.630. The SMILES string of the molecule is O=NCc1cc2cc(F)ccc2s1. The molecule has 1 heterocycles. The highest BCUT2D eigenvalue weighted by Crippen LogP contribution is 2.26. The summed E-state index contributed by atoms with van der Waals surface area (Å²) in [7, 11) is 0. The fraction of sp³-hybridized carbons (Fsp3) is 0.111. The third-order valence-electron chi connectivity index (χ3n) is 1.75. The normalized spacial score (nSPS) is 10.5. The zero-order valence-electron chi connectivity index (χ0n) is 6.66. The van der Waals surface area contributed by atoms with E-state index in [9.17, 15) is 9.30 Å². The molecule has 1 aromatic carbocycles. The Hall–Kier alpha value is -1.29. The molecule has 0 spiro atoms. The Morgan fingerprint density at radius 1 is 1.38 bits per heavy atom. The summed E-state index contributed by atoms with van der Waals surface area (Å²) in [6, 6.07) is 6.38. The second-order valence-corrected chi connectivity index (χ2v) is 3.85. The molecule has 0 aliphatic carbocycles. The van der Waals surface area contributed by atoms with Crippen LogP contribution in [0.1, 0.15) is 4.88 Å². The molecule has 66 valence electrons. The van der Waals surface area contributed by atoms with Gasteiger partial charge in [-0.2, -0.15) is 4.91 Å². The van der Waals surface area contributed by atoms with E-state index in [0.717, 1.165) is 15.0 Å². The number of nitroso groups, excluding NO2 is 1. The average molecular weight is 195 g/mol. The van der Waals surface area contributed by atoms with E-state index in [1.165, 1.54) is 23.5 Å². The van der Waals surface area contributed by atoms with Crippen molar-refractivity contribution in [1.82, 2.24) is 0 Å². The molecule has 0 fully saturated rings. The minimum atomic E-state index is -0.254. The monoisotopic (exact) mass is 195 g/mol. The lowest BCUT2D eigenvalue weighted by atomic mass is 10.2. The van der Waals surface area contributed by atoms with Crippen molar-refractivity contribution >= 4 is 21.4 Å². The van der Waals surface area contributed by atoms with Gasteiger partial charge in [-0.25, -0.2) is 4.39 Å². The number of hydrogen-bond donors (Lipinski definition) is 0. The van der Waals surface area contributed by atoms with Crippen LogP contribution in [0.25, 0.3) is 10.1 Å². The van der Waals surface area contributed by atoms with Gasteiger partial charge in [-0.05, 0) is 29.7 Å². The summed E-state index contributed by atoms with van der Waals surface area (Å²) < 4.78 is 13.7. The predicted molar refractivity (Wildman–Crippen MR) is 51.3 cm³/mol. The van der Waals surface area contributed by atoms with Gasteiger partial charge in [0.1, 0.15) is 12.4 Å². The summed E-state index contributed by atoms with van der Waals surface area (Å²) in [5.41, 5.74) is 0. The molecule has 0 saturated heterocycles. The van der Waals surface area contributed by atoms with Crippen LogP contribution < -0.4 is 0 Å². The number of fused-ring (bicyclic) bond motifs is 1. The van der Waals surface area contributed by atoms with Gasteiger partial charge in [0.05, 0.1) is 0 Å². The molecule has 0 unspecified atom stereocenters. The van der Waals surface area contributed by atoms with Crippen LogP contribution in [0.4, 0.5) is 4.39 Å². The zero-order chi connectivity index (χ0) is 9.26. The molecule has 4 heteroatoms. The number of halogens is 1. The molecule has 0 saturated carbocycles. The van der Waals surface area contributed by atoms with E-state index in [4.69, 9.17) is 0 Å². The van der Waals surface area contributed by atoms with Crippen molar-refractivity contribution < 1.29 is 4.39 Å². The second-order valence-electron chi connectivity index (χ2n) is 2.68. The van der Waals surface area contributed by atoms with Crippen LogP contribution in [0.3, 0.4) is 0 Å². The number of benzene rings is 1. The van der Waals surface area contributed by atoms with Crippen molar-refractivity contribution in [3.8, 4) is 0 Å². The highest BCUT2D eigenvalue weighted by molar-refractivity contribution is 7.19. The smallest absolute Gasteiger partial charge is 0.123 e. The van der Waals surface area contributed by atoms with Crippen LogP contribution in [0.15, 0.2) is 29.4 Å². The highest BCUT2D eigenvalue weighted by Gasteiger charge is 2.02. The number of nitrogens with zero attached hydrogens (tertiary/aromatic N) is 1. The van der Waals surface area contributed by atoms with Gasteiger partial charge >= 0.3 is 0 Å². The fourth-order valence-corrected chi connectivity index (χ4v) is 2.17. The third kappa shape index (κ3) is 1.58. The number of rotatable bonds is 2. The summed E-state index contributed by atoms with van der Waals surface area (Å²) in [4.78, 5) is 10.9. The van der Waals surface area contributed by atoms with E-state index < -0.39 is 0 Å².